The van der Waals surface area contributed by atoms with Crippen molar-refractivity contribution in [3.63, 3.8) is 0 Å². The Morgan fingerprint density at radius 2 is 2.19 bits per heavy atom. The maximum Gasteiger partial charge on any atom is 0.265 e. The van der Waals surface area contributed by atoms with E-state index in [0.717, 1.165) is 0 Å². The lowest BCUT2D eigenvalue weighted by Crippen LogP contribution is -2.22. The first-order valence-corrected chi connectivity index (χ1v) is 5.75. The molecule has 1 rings (SSSR count). The van der Waals surface area contributed by atoms with Gasteiger partial charge in [-0.3, -0.25) is 9.59 Å². The van der Waals surface area contributed by atoms with Gasteiger partial charge in [0, 0.05) is 0 Å². The molecule has 0 unspecified atom stereocenters. The summed E-state index contributed by atoms with van der Waals surface area (Å²) in [5.74, 6) is 0.185. The van der Waals surface area contributed by atoms with Crippen LogP contribution in [0.4, 0.5) is 0 Å². The summed E-state index contributed by atoms with van der Waals surface area (Å²) in [5.41, 5.74) is 5.44. The van der Waals surface area contributed by atoms with Crippen molar-refractivity contribution >= 4 is 21.8 Å². The molecule has 0 aliphatic heterocycles. The molecule has 0 saturated carbocycles. The summed E-state index contributed by atoms with van der Waals surface area (Å²) in [6.07, 6.45) is 0.629. The normalized spacial score (nSPS) is 10.8. The Morgan fingerprint density at radius 1 is 1.56 bits per heavy atom. The third-order valence-corrected chi connectivity index (χ3v) is 2.74. The van der Waals surface area contributed by atoms with Crippen LogP contribution in [-0.4, -0.2) is 15.9 Å². The molecule has 0 spiro atoms. The third kappa shape index (κ3) is 3.44. The van der Waals surface area contributed by atoms with Gasteiger partial charge >= 0.3 is 0 Å². The number of hydrogen-bond donors (Lipinski definition) is 2. The van der Waals surface area contributed by atoms with Crippen LogP contribution >= 0.6 is 15.9 Å². The van der Waals surface area contributed by atoms with E-state index in [1.165, 1.54) is 0 Å². The number of carbonyl (C=O) groups is 1. The van der Waals surface area contributed by atoms with Crippen molar-refractivity contribution in [1.82, 2.24) is 9.97 Å². The van der Waals surface area contributed by atoms with Crippen LogP contribution in [0.1, 0.15) is 25.4 Å². The Labute approximate surface area is 102 Å². The SMILES string of the molecule is CC(C)Cc1nc(CC(N)=O)[nH]c(=O)c1Br. The molecule has 0 bridgehead atoms. The fraction of sp³-hybridized carbons (Fsp3) is 0.500. The molecular weight excluding hydrogens is 274 g/mol. The number of H-pyrrole nitrogens is 1. The van der Waals surface area contributed by atoms with Crippen molar-refractivity contribution in [2.75, 3.05) is 0 Å². The highest BCUT2D eigenvalue weighted by Crippen LogP contribution is 2.13. The first kappa shape index (κ1) is 12.9. The van der Waals surface area contributed by atoms with Gasteiger partial charge in [0.2, 0.25) is 5.91 Å². The lowest BCUT2D eigenvalue weighted by Gasteiger charge is -2.07. The van der Waals surface area contributed by atoms with E-state index in [4.69, 9.17) is 5.73 Å². The Morgan fingerprint density at radius 3 is 2.69 bits per heavy atom. The van der Waals surface area contributed by atoms with Gasteiger partial charge in [0.15, 0.2) is 0 Å². The minimum absolute atomic E-state index is 0.0480. The average Bonchev–Trinajstić information content (AvgIpc) is 2.11. The number of nitrogens with two attached hydrogens (primary N) is 1. The van der Waals surface area contributed by atoms with E-state index >= 15 is 0 Å². The summed E-state index contributed by atoms with van der Waals surface area (Å²) >= 11 is 3.19. The second kappa shape index (κ2) is 5.25. The number of nitrogens with zero attached hydrogens (tertiary/aromatic N) is 1. The third-order valence-electron chi connectivity index (χ3n) is 1.92. The monoisotopic (exact) mass is 287 g/mol. The maximum atomic E-state index is 11.5. The molecule has 3 N–H and O–H groups in total. The summed E-state index contributed by atoms with van der Waals surface area (Å²) in [4.78, 5) is 29.0. The van der Waals surface area contributed by atoms with Gasteiger partial charge in [0.25, 0.3) is 5.56 Å². The second-order valence-corrected chi connectivity index (χ2v) is 4.81. The molecule has 6 heteroatoms. The summed E-state index contributed by atoms with van der Waals surface area (Å²) < 4.78 is 0.425. The molecule has 16 heavy (non-hydrogen) atoms. The van der Waals surface area contributed by atoms with E-state index in [1.54, 1.807) is 0 Å². The molecule has 1 heterocycles. The van der Waals surface area contributed by atoms with Crippen LogP contribution in [0.5, 0.6) is 0 Å². The van der Waals surface area contributed by atoms with Crippen LogP contribution in [-0.2, 0) is 17.6 Å². The fourth-order valence-corrected chi connectivity index (χ4v) is 1.68. The molecule has 0 radical (unpaired) electrons. The summed E-state index contributed by atoms with van der Waals surface area (Å²) in [6.45, 7) is 4.06. The van der Waals surface area contributed by atoms with Crippen molar-refractivity contribution < 1.29 is 4.79 Å². The van der Waals surface area contributed by atoms with Crippen molar-refractivity contribution in [3.8, 4) is 0 Å². The maximum absolute atomic E-state index is 11.5. The number of aromatic amines is 1. The van der Waals surface area contributed by atoms with E-state index in [9.17, 15) is 9.59 Å². The molecule has 0 atom stereocenters. The van der Waals surface area contributed by atoms with Crippen molar-refractivity contribution in [2.24, 2.45) is 11.7 Å². The van der Waals surface area contributed by atoms with Gasteiger partial charge in [-0.15, -0.1) is 0 Å². The molecule has 0 aromatic carbocycles. The zero-order valence-electron chi connectivity index (χ0n) is 9.21. The van der Waals surface area contributed by atoms with Crippen LogP contribution in [0, 0.1) is 5.92 Å². The molecule has 0 aliphatic carbocycles. The summed E-state index contributed by atoms with van der Waals surface area (Å²) in [6, 6.07) is 0. The molecule has 0 aliphatic rings. The predicted molar refractivity (Wildman–Crippen MR) is 64.0 cm³/mol. The minimum atomic E-state index is -0.513. The second-order valence-electron chi connectivity index (χ2n) is 4.01. The van der Waals surface area contributed by atoms with Crippen LogP contribution in [0.25, 0.3) is 0 Å². The van der Waals surface area contributed by atoms with Gasteiger partial charge < -0.3 is 10.7 Å². The molecule has 5 nitrogen and oxygen atoms in total. The Bertz CT molecular complexity index is 454. The Hall–Kier alpha value is -1.17. The van der Waals surface area contributed by atoms with Crippen molar-refractivity contribution in [2.45, 2.75) is 26.7 Å². The number of carbonyl (C=O) groups excluding carboxylic acids is 1. The number of nitrogens with one attached hydrogen (secondary N) is 1. The van der Waals surface area contributed by atoms with E-state index in [1.807, 2.05) is 13.8 Å². The molecule has 88 valence electrons. The fourth-order valence-electron chi connectivity index (χ4n) is 1.33. The highest BCUT2D eigenvalue weighted by molar-refractivity contribution is 9.10. The van der Waals surface area contributed by atoms with E-state index < -0.39 is 5.91 Å². The lowest BCUT2D eigenvalue weighted by atomic mass is 10.1. The average molecular weight is 288 g/mol. The van der Waals surface area contributed by atoms with E-state index in [0.29, 0.717) is 28.3 Å². The molecular formula is C10H14BrN3O2. The topological polar surface area (TPSA) is 88.8 Å². The van der Waals surface area contributed by atoms with E-state index in [2.05, 4.69) is 25.9 Å². The van der Waals surface area contributed by atoms with Crippen molar-refractivity contribution in [1.29, 1.82) is 0 Å². The highest BCUT2D eigenvalue weighted by atomic mass is 79.9. The molecule has 0 saturated heterocycles. The summed E-state index contributed by atoms with van der Waals surface area (Å²) in [5, 5.41) is 0. The zero-order chi connectivity index (χ0) is 12.3. The van der Waals surface area contributed by atoms with Gasteiger partial charge in [0.1, 0.15) is 10.3 Å². The Balaban J connectivity index is 3.11. The lowest BCUT2D eigenvalue weighted by molar-refractivity contribution is -0.117. The molecule has 1 aromatic heterocycles. The summed E-state index contributed by atoms with van der Waals surface area (Å²) in [7, 11) is 0. The number of primary amides is 1. The van der Waals surface area contributed by atoms with Crippen LogP contribution in [0.15, 0.2) is 9.27 Å². The zero-order valence-corrected chi connectivity index (χ0v) is 10.8. The van der Waals surface area contributed by atoms with Gasteiger partial charge in [-0.2, -0.15) is 0 Å². The molecule has 1 aromatic rings. The first-order chi connectivity index (χ1) is 7.40. The molecule has 0 fully saturated rings. The van der Waals surface area contributed by atoms with E-state index in [-0.39, 0.29) is 12.0 Å². The van der Waals surface area contributed by atoms with Gasteiger partial charge in [-0.25, -0.2) is 4.98 Å². The number of halogens is 1. The van der Waals surface area contributed by atoms with Crippen molar-refractivity contribution in [3.05, 3.63) is 26.3 Å². The largest absolute Gasteiger partial charge is 0.369 e. The molecule has 1 amide bonds. The number of amides is 1. The predicted octanol–water partition coefficient (Wildman–Crippen LogP) is 0.759. The quantitative estimate of drug-likeness (QED) is 0.857. The first-order valence-electron chi connectivity index (χ1n) is 4.96. The smallest absolute Gasteiger partial charge is 0.265 e. The number of rotatable bonds is 4. The van der Waals surface area contributed by atoms with Gasteiger partial charge in [-0.05, 0) is 28.3 Å². The van der Waals surface area contributed by atoms with Gasteiger partial charge in [0.05, 0.1) is 12.1 Å². The van der Waals surface area contributed by atoms with Crippen LogP contribution in [0.2, 0.25) is 0 Å². The highest BCUT2D eigenvalue weighted by Gasteiger charge is 2.11. The van der Waals surface area contributed by atoms with Crippen LogP contribution < -0.4 is 11.3 Å². The van der Waals surface area contributed by atoms with Crippen LogP contribution in [0.3, 0.4) is 0 Å². The Kier molecular flexibility index (Phi) is 4.23. The number of aromatic nitrogens is 2. The van der Waals surface area contributed by atoms with Gasteiger partial charge in [-0.1, -0.05) is 13.8 Å². The number of hydrogen-bond acceptors (Lipinski definition) is 3. The standard InChI is InChI=1S/C10H14BrN3O2/c1-5(2)3-6-9(11)10(16)14-8(13-6)4-7(12)15/h5H,3-4H2,1-2H3,(H2,12,15)(H,13,14,16). The minimum Gasteiger partial charge on any atom is -0.369 e.